The number of ether oxygens (including phenoxy) is 1. The zero-order valence-corrected chi connectivity index (χ0v) is 14.8. The lowest BCUT2D eigenvalue weighted by Crippen LogP contribution is -2.54. The van der Waals surface area contributed by atoms with E-state index in [2.05, 4.69) is 16.2 Å². The van der Waals surface area contributed by atoms with Gasteiger partial charge in [0.15, 0.2) is 5.11 Å². The number of carbonyl (C=O) groups excluding carboxylic acids is 3. The summed E-state index contributed by atoms with van der Waals surface area (Å²) in [6, 6.07) is 6.82. The number of amides is 3. The molecule has 1 aromatic rings. The highest BCUT2D eigenvalue weighted by molar-refractivity contribution is 7.80. The van der Waals surface area contributed by atoms with Crippen molar-refractivity contribution in [3.8, 4) is 0 Å². The van der Waals surface area contributed by atoms with Gasteiger partial charge in [-0.3, -0.25) is 30.1 Å². The van der Waals surface area contributed by atoms with Crippen LogP contribution in [0.5, 0.6) is 0 Å². The average Bonchev–Trinajstić information content (AvgIpc) is 2.57. The molecule has 0 bridgehead atoms. The molecule has 1 aliphatic rings. The Balaban J connectivity index is 1.87. The van der Waals surface area contributed by atoms with Crippen molar-refractivity contribution in [3.63, 3.8) is 0 Å². The molecule has 3 N–H and O–H groups in total. The van der Waals surface area contributed by atoms with E-state index in [0.717, 1.165) is 4.90 Å². The Morgan fingerprint density at radius 3 is 2.76 bits per heavy atom. The van der Waals surface area contributed by atoms with Crippen molar-refractivity contribution < 1.29 is 19.1 Å². The highest BCUT2D eigenvalue weighted by atomic mass is 32.1. The van der Waals surface area contributed by atoms with Crippen molar-refractivity contribution >= 4 is 35.1 Å². The van der Waals surface area contributed by atoms with E-state index in [1.807, 2.05) is 6.92 Å². The quantitative estimate of drug-likeness (QED) is 0.376. The molecule has 0 fully saturated rings. The first-order valence-corrected chi connectivity index (χ1v) is 8.10. The van der Waals surface area contributed by atoms with Gasteiger partial charge in [-0.1, -0.05) is 18.2 Å². The van der Waals surface area contributed by atoms with Gasteiger partial charge < -0.3 is 10.1 Å². The van der Waals surface area contributed by atoms with E-state index >= 15 is 0 Å². The van der Waals surface area contributed by atoms with E-state index in [0.29, 0.717) is 17.7 Å². The van der Waals surface area contributed by atoms with Gasteiger partial charge in [0.2, 0.25) is 5.91 Å². The second kappa shape index (κ2) is 8.54. The van der Waals surface area contributed by atoms with Crippen LogP contribution in [0.2, 0.25) is 0 Å². The van der Waals surface area contributed by atoms with E-state index < -0.39 is 17.7 Å². The SMILES string of the molecule is COC[C@@H](C)NC(=S)NNC(=O)CN1C(=O)Cc2ccccc2C1=O. The van der Waals surface area contributed by atoms with Gasteiger partial charge in [-0.05, 0) is 30.8 Å². The number of rotatable bonds is 5. The highest BCUT2D eigenvalue weighted by Crippen LogP contribution is 2.19. The largest absolute Gasteiger partial charge is 0.383 e. The Morgan fingerprint density at radius 2 is 2.04 bits per heavy atom. The maximum absolute atomic E-state index is 12.4. The lowest BCUT2D eigenvalue weighted by atomic mass is 9.98. The molecule has 0 saturated heterocycles. The van der Waals surface area contributed by atoms with Crippen LogP contribution in [-0.4, -0.2) is 54.0 Å². The van der Waals surface area contributed by atoms with Crippen LogP contribution >= 0.6 is 12.2 Å². The average molecular weight is 364 g/mol. The van der Waals surface area contributed by atoms with Crippen molar-refractivity contribution in [2.24, 2.45) is 0 Å². The number of imide groups is 1. The summed E-state index contributed by atoms with van der Waals surface area (Å²) in [5, 5.41) is 3.11. The number of fused-ring (bicyclic) bond motifs is 1. The number of nitrogens with one attached hydrogen (secondary N) is 3. The summed E-state index contributed by atoms with van der Waals surface area (Å²) in [4.78, 5) is 37.4. The van der Waals surface area contributed by atoms with Gasteiger partial charge in [0.05, 0.1) is 13.0 Å². The fourth-order valence-corrected chi connectivity index (χ4v) is 2.67. The molecule has 25 heavy (non-hydrogen) atoms. The molecule has 0 aliphatic carbocycles. The zero-order valence-electron chi connectivity index (χ0n) is 14.0. The molecule has 134 valence electrons. The summed E-state index contributed by atoms with van der Waals surface area (Å²) in [5.41, 5.74) is 6.00. The van der Waals surface area contributed by atoms with Crippen LogP contribution in [0.3, 0.4) is 0 Å². The maximum atomic E-state index is 12.4. The molecule has 9 heteroatoms. The first-order valence-electron chi connectivity index (χ1n) is 7.69. The number of hydrogen-bond acceptors (Lipinski definition) is 5. The minimum Gasteiger partial charge on any atom is -0.383 e. The first-order chi connectivity index (χ1) is 11.9. The fourth-order valence-electron chi connectivity index (χ4n) is 2.42. The van der Waals surface area contributed by atoms with Gasteiger partial charge >= 0.3 is 0 Å². The van der Waals surface area contributed by atoms with Gasteiger partial charge in [-0.2, -0.15) is 0 Å². The molecular weight excluding hydrogens is 344 g/mol. The van der Waals surface area contributed by atoms with Crippen LogP contribution in [0, 0.1) is 0 Å². The Morgan fingerprint density at radius 1 is 1.32 bits per heavy atom. The summed E-state index contributed by atoms with van der Waals surface area (Å²) >= 11 is 5.03. The minimum absolute atomic E-state index is 0.0383. The monoisotopic (exact) mass is 364 g/mol. The lowest BCUT2D eigenvalue weighted by molar-refractivity contribution is -0.133. The summed E-state index contributed by atoms with van der Waals surface area (Å²) in [6.07, 6.45) is 0.0944. The third kappa shape index (κ3) is 4.97. The topological polar surface area (TPSA) is 99.8 Å². The predicted molar refractivity (Wildman–Crippen MR) is 94.5 cm³/mol. The molecule has 0 saturated carbocycles. The molecule has 2 rings (SSSR count). The maximum Gasteiger partial charge on any atom is 0.261 e. The predicted octanol–water partition coefficient (Wildman–Crippen LogP) is -0.258. The number of benzene rings is 1. The van der Waals surface area contributed by atoms with Crippen LogP contribution in [0.4, 0.5) is 0 Å². The van der Waals surface area contributed by atoms with Gasteiger partial charge in [0.25, 0.3) is 11.8 Å². The van der Waals surface area contributed by atoms with E-state index in [4.69, 9.17) is 17.0 Å². The second-order valence-electron chi connectivity index (χ2n) is 5.62. The summed E-state index contributed by atoms with van der Waals surface area (Å²) in [6.45, 7) is 1.93. The van der Waals surface area contributed by atoms with E-state index in [1.165, 1.54) is 0 Å². The van der Waals surface area contributed by atoms with E-state index in [-0.39, 0.29) is 24.1 Å². The van der Waals surface area contributed by atoms with Crippen LogP contribution in [-0.2, 0) is 20.7 Å². The zero-order chi connectivity index (χ0) is 18.4. The molecule has 3 amide bonds. The Bertz CT molecular complexity index is 694. The van der Waals surface area contributed by atoms with Crippen molar-refractivity contribution in [2.45, 2.75) is 19.4 Å². The molecule has 1 heterocycles. The normalized spacial score (nSPS) is 14.6. The van der Waals surface area contributed by atoms with Crippen LogP contribution in [0.1, 0.15) is 22.8 Å². The molecule has 1 atom stereocenters. The highest BCUT2D eigenvalue weighted by Gasteiger charge is 2.31. The Kier molecular flexibility index (Phi) is 6.43. The fraction of sp³-hybridized carbons (Fsp3) is 0.375. The van der Waals surface area contributed by atoms with Gasteiger partial charge in [0, 0.05) is 18.7 Å². The van der Waals surface area contributed by atoms with E-state index in [9.17, 15) is 14.4 Å². The van der Waals surface area contributed by atoms with Gasteiger partial charge in [0.1, 0.15) is 6.54 Å². The third-order valence-corrected chi connectivity index (χ3v) is 3.77. The molecule has 0 radical (unpaired) electrons. The second-order valence-corrected chi connectivity index (χ2v) is 6.03. The van der Waals surface area contributed by atoms with Crippen molar-refractivity contribution in [3.05, 3.63) is 35.4 Å². The molecule has 0 aromatic heterocycles. The molecule has 0 unspecified atom stereocenters. The first kappa shape index (κ1) is 18.8. The Hall–Kier alpha value is -2.52. The van der Waals surface area contributed by atoms with Crippen LogP contribution in [0.25, 0.3) is 0 Å². The van der Waals surface area contributed by atoms with E-state index in [1.54, 1.807) is 31.4 Å². The number of hydrogen-bond donors (Lipinski definition) is 3. The summed E-state index contributed by atoms with van der Waals surface area (Å²) < 4.78 is 4.96. The molecule has 1 aliphatic heterocycles. The van der Waals surface area contributed by atoms with Crippen molar-refractivity contribution in [1.82, 2.24) is 21.1 Å². The molecule has 8 nitrogen and oxygen atoms in total. The molecule has 0 spiro atoms. The standard InChI is InChI=1S/C16H20N4O4S/c1-10(9-24-2)17-16(25)19-18-13(21)8-20-14(22)7-11-5-3-4-6-12(11)15(20)23/h3-6,10H,7-9H2,1-2H3,(H,18,21)(H2,17,19,25)/t10-/m1/s1. The van der Waals surface area contributed by atoms with Crippen LogP contribution < -0.4 is 16.2 Å². The summed E-state index contributed by atoms with van der Waals surface area (Å²) in [5.74, 6) is -1.44. The van der Waals surface area contributed by atoms with Crippen molar-refractivity contribution in [2.75, 3.05) is 20.3 Å². The number of carbonyl (C=O) groups is 3. The number of nitrogens with zero attached hydrogens (tertiary/aromatic N) is 1. The molecular formula is C16H20N4O4S. The van der Waals surface area contributed by atoms with Gasteiger partial charge in [-0.25, -0.2) is 0 Å². The minimum atomic E-state index is -0.551. The number of methoxy groups -OCH3 is 1. The number of hydrazine groups is 1. The molecule has 1 aromatic carbocycles. The third-order valence-electron chi connectivity index (χ3n) is 3.55. The lowest BCUT2D eigenvalue weighted by Gasteiger charge is -2.26. The number of thiocarbonyl (C=S) groups is 1. The summed E-state index contributed by atoms with van der Waals surface area (Å²) in [7, 11) is 1.57. The smallest absolute Gasteiger partial charge is 0.261 e. The Labute approximate surface area is 150 Å². The van der Waals surface area contributed by atoms with Gasteiger partial charge in [-0.15, -0.1) is 0 Å². The van der Waals surface area contributed by atoms with Crippen LogP contribution in [0.15, 0.2) is 24.3 Å². The van der Waals surface area contributed by atoms with Crippen molar-refractivity contribution in [1.29, 1.82) is 0 Å².